The van der Waals surface area contributed by atoms with Crippen LogP contribution in [0.1, 0.15) is 19.3 Å². The van der Waals surface area contributed by atoms with E-state index in [1.165, 1.54) is 24.3 Å². The highest BCUT2D eigenvalue weighted by molar-refractivity contribution is 7.89. The normalized spacial score (nSPS) is 11.3. The molecule has 1 aromatic carbocycles. The second-order valence-electron chi connectivity index (χ2n) is 5.12. The van der Waals surface area contributed by atoms with Crippen molar-refractivity contribution < 1.29 is 18.1 Å². The van der Waals surface area contributed by atoms with Gasteiger partial charge in [-0.3, -0.25) is 14.9 Å². The molecule has 2 N–H and O–H groups in total. The smallest absolute Gasteiger partial charge is 0.302 e. The fourth-order valence-electron chi connectivity index (χ4n) is 1.90. The number of hydrogen-bond acceptors (Lipinski definition) is 7. The Kier molecular flexibility index (Phi) is 7.03. The number of hydrogen-bond donors (Lipinski definition) is 2. The minimum absolute atomic E-state index is 0.116. The maximum Gasteiger partial charge on any atom is 0.345 e. The molecule has 1 aromatic heterocycles. The van der Waals surface area contributed by atoms with Crippen molar-refractivity contribution >= 4 is 49.0 Å². The van der Waals surface area contributed by atoms with E-state index >= 15 is 0 Å². The van der Waals surface area contributed by atoms with E-state index < -0.39 is 14.9 Å². The molecule has 0 aliphatic heterocycles. The van der Waals surface area contributed by atoms with Gasteiger partial charge in [0.2, 0.25) is 15.9 Å². The van der Waals surface area contributed by atoms with Crippen molar-refractivity contribution in [1.29, 1.82) is 0 Å². The summed E-state index contributed by atoms with van der Waals surface area (Å²) >= 11 is 6.49. The molecule has 1 amide bonds. The van der Waals surface area contributed by atoms with Crippen LogP contribution < -0.4 is 10.0 Å². The Bertz CT molecular complexity index is 883. The van der Waals surface area contributed by atoms with E-state index in [-0.39, 0.29) is 33.9 Å². The van der Waals surface area contributed by atoms with Crippen LogP contribution in [0.25, 0.3) is 0 Å². The van der Waals surface area contributed by atoms with Crippen molar-refractivity contribution in [2.24, 2.45) is 0 Å². The first kappa shape index (κ1) is 20.2. The molecule has 12 heteroatoms. The highest BCUT2D eigenvalue weighted by Gasteiger charge is 2.14. The number of halogens is 1. The zero-order chi connectivity index (χ0) is 19.2. The maximum absolute atomic E-state index is 12.0. The number of amides is 1. The molecule has 0 radical (unpaired) electrons. The molecular formula is C14H15ClN4O5S2. The Morgan fingerprint density at radius 3 is 2.58 bits per heavy atom. The van der Waals surface area contributed by atoms with E-state index in [9.17, 15) is 23.3 Å². The molecule has 9 nitrogen and oxygen atoms in total. The number of carbonyl (C=O) groups excluding carboxylic acids is 1. The van der Waals surface area contributed by atoms with Gasteiger partial charge >= 0.3 is 5.00 Å². The molecule has 0 atom stereocenters. The standard InChI is InChI=1S/C14H15ClN4O5S2/c15-10-4-6-11(7-5-10)26(23,24)17-8-2-1-3-12(20)18-14-16-9-13(25-14)19(21)22/h4-7,9,17H,1-3,8H2,(H,16,18,20). The Morgan fingerprint density at radius 1 is 1.27 bits per heavy atom. The number of unbranched alkanes of at least 4 members (excludes halogenated alkanes) is 1. The van der Waals surface area contributed by atoms with Crippen LogP contribution in [-0.4, -0.2) is 30.8 Å². The highest BCUT2D eigenvalue weighted by Crippen LogP contribution is 2.25. The molecule has 2 aromatic rings. The van der Waals surface area contributed by atoms with Crippen molar-refractivity contribution in [2.45, 2.75) is 24.2 Å². The topological polar surface area (TPSA) is 131 Å². The molecule has 0 spiro atoms. The van der Waals surface area contributed by atoms with Gasteiger partial charge in [-0.15, -0.1) is 0 Å². The lowest BCUT2D eigenvalue weighted by Crippen LogP contribution is -2.25. The largest absolute Gasteiger partial charge is 0.345 e. The number of carbonyl (C=O) groups is 1. The monoisotopic (exact) mass is 418 g/mol. The summed E-state index contributed by atoms with van der Waals surface area (Å²) in [4.78, 5) is 25.6. The Hall–Kier alpha value is -2.08. The predicted molar refractivity (Wildman–Crippen MR) is 97.9 cm³/mol. The van der Waals surface area contributed by atoms with Crippen LogP contribution in [0.5, 0.6) is 0 Å². The quantitative estimate of drug-likeness (QED) is 0.365. The van der Waals surface area contributed by atoms with Crippen LogP contribution in [0.15, 0.2) is 35.4 Å². The van der Waals surface area contributed by atoms with Gasteiger partial charge in [0.15, 0.2) is 5.13 Å². The summed E-state index contributed by atoms with van der Waals surface area (Å²) < 4.78 is 26.5. The van der Waals surface area contributed by atoms with E-state index in [4.69, 9.17) is 11.6 Å². The second-order valence-corrected chi connectivity index (χ2v) is 8.33. The van der Waals surface area contributed by atoms with Gasteiger partial charge in [-0.05, 0) is 48.4 Å². The van der Waals surface area contributed by atoms with Gasteiger partial charge in [-0.25, -0.2) is 18.1 Å². The summed E-state index contributed by atoms with van der Waals surface area (Å²) in [7, 11) is -3.61. The second kappa shape index (κ2) is 9.03. The maximum atomic E-state index is 12.0. The Balaban J connectivity index is 1.70. The first-order valence-corrected chi connectivity index (χ1v) is 10.1. The zero-order valence-corrected chi connectivity index (χ0v) is 15.7. The lowest BCUT2D eigenvalue weighted by Gasteiger charge is -2.06. The number of nitrogens with zero attached hydrogens (tertiary/aromatic N) is 2. The summed E-state index contributed by atoms with van der Waals surface area (Å²) in [6, 6.07) is 5.80. The molecule has 0 fully saturated rings. The summed E-state index contributed by atoms with van der Waals surface area (Å²) in [5, 5.41) is 13.5. The predicted octanol–water partition coefficient (Wildman–Crippen LogP) is 2.79. The molecular weight excluding hydrogens is 404 g/mol. The minimum Gasteiger partial charge on any atom is -0.302 e. The average Bonchev–Trinajstić information content (AvgIpc) is 3.03. The van der Waals surface area contributed by atoms with Crippen molar-refractivity contribution in [3.8, 4) is 0 Å². The molecule has 140 valence electrons. The number of nitrogens with one attached hydrogen (secondary N) is 2. The summed E-state index contributed by atoms with van der Waals surface area (Å²) in [5.41, 5.74) is 0. The molecule has 0 saturated carbocycles. The van der Waals surface area contributed by atoms with Gasteiger partial charge in [0.1, 0.15) is 6.20 Å². The first-order valence-electron chi connectivity index (χ1n) is 7.43. The van der Waals surface area contributed by atoms with Crippen LogP contribution in [0, 0.1) is 10.1 Å². The fraction of sp³-hybridized carbons (Fsp3) is 0.286. The molecule has 26 heavy (non-hydrogen) atoms. The van der Waals surface area contributed by atoms with Crippen molar-refractivity contribution in [2.75, 3.05) is 11.9 Å². The average molecular weight is 419 g/mol. The fourth-order valence-corrected chi connectivity index (χ4v) is 3.75. The molecule has 2 rings (SSSR count). The van der Waals surface area contributed by atoms with Crippen LogP contribution in [-0.2, 0) is 14.8 Å². The van der Waals surface area contributed by atoms with Gasteiger partial charge in [0.05, 0.1) is 9.82 Å². The van der Waals surface area contributed by atoms with E-state index in [1.807, 2.05) is 0 Å². The van der Waals surface area contributed by atoms with E-state index in [2.05, 4.69) is 15.0 Å². The number of sulfonamides is 1. The minimum atomic E-state index is -3.61. The Labute approximate surface area is 158 Å². The van der Waals surface area contributed by atoms with Gasteiger partial charge < -0.3 is 5.32 Å². The molecule has 0 aliphatic rings. The number of thiazole rings is 1. The van der Waals surface area contributed by atoms with Gasteiger partial charge in [0, 0.05) is 18.0 Å². The number of anilines is 1. The molecule has 0 bridgehead atoms. The third-order valence-corrected chi connectivity index (χ3v) is 5.76. The summed E-state index contributed by atoms with van der Waals surface area (Å²) in [6.45, 7) is 0.182. The number of benzene rings is 1. The number of aromatic nitrogens is 1. The SMILES string of the molecule is O=C(CCCCNS(=O)(=O)c1ccc(Cl)cc1)Nc1ncc([N+](=O)[O-])s1. The molecule has 0 aliphatic carbocycles. The summed E-state index contributed by atoms with van der Waals surface area (Å²) in [5.74, 6) is -0.338. The number of rotatable bonds is 9. The number of nitro groups is 1. The van der Waals surface area contributed by atoms with Crippen molar-refractivity contribution in [1.82, 2.24) is 9.71 Å². The highest BCUT2D eigenvalue weighted by atomic mass is 35.5. The van der Waals surface area contributed by atoms with Gasteiger partial charge in [-0.1, -0.05) is 11.6 Å². The molecule has 0 saturated heterocycles. The summed E-state index contributed by atoms with van der Waals surface area (Å²) in [6.07, 6.45) is 2.13. The van der Waals surface area contributed by atoms with Gasteiger partial charge in [-0.2, -0.15) is 0 Å². The Morgan fingerprint density at radius 2 is 1.96 bits per heavy atom. The zero-order valence-electron chi connectivity index (χ0n) is 13.3. The third-order valence-electron chi connectivity index (χ3n) is 3.17. The lowest BCUT2D eigenvalue weighted by atomic mass is 10.2. The van der Waals surface area contributed by atoms with Crippen LogP contribution >= 0.6 is 22.9 Å². The van der Waals surface area contributed by atoms with E-state index in [0.29, 0.717) is 17.9 Å². The van der Waals surface area contributed by atoms with Gasteiger partial charge in [0.25, 0.3) is 0 Å². The molecule has 0 unspecified atom stereocenters. The van der Waals surface area contributed by atoms with E-state index in [1.54, 1.807) is 0 Å². The van der Waals surface area contributed by atoms with Crippen LogP contribution in [0.4, 0.5) is 10.1 Å². The van der Waals surface area contributed by atoms with Crippen LogP contribution in [0.3, 0.4) is 0 Å². The third kappa shape index (κ3) is 6.02. The van der Waals surface area contributed by atoms with Crippen LogP contribution in [0.2, 0.25) is 5.02 Å². The molecule has 1 heterocycles. The van der Waals surface area contributed by atoms with E-state index in [0.717, 1.165) is 17.5 Å². The first-order chi connectivity index (χ1) is 12.3. The van der Waals surface area contributed by atoms with Crippen molar-refractivity contribution in [3.63, 3.8) is 0 Å². The van der Waals surface area contributed by atoms with Crippen molar-refractivity contribution in [3.05, 3.63) is 45.6 Å². The lowest BCUT2D eigenvalue weighted by molar-refractivity contribution is -0.380.